The average molecular weight is 327 g/mol. The lowest BCUT2D eigenvalue weighted by molar-refractivity contribution is -0.126. The summed E-state index contributed by atoms with van der Waals surface area (Å²) in [7, 11) is -2.06. The highest BCUT2D eigenvalue weighted by Gasteiger charge is 2.18. The van der Waals surface area contributed by atoms with Gasteiger partial charge in [0.2, 0.25) is 5.91 Å². The van der Waals surface area contributed by atoms with Crippen molar-refractivity contribution in [2.75, 3.05) is 26.2 Å². The van der Waals surface area contributed by atoms with E-state index < -0.39 is 14.0 Å². The molecule has 0 rings (SSSR count). The van der Waals surface area contributed by atoms with Crippen LogP contribution in [0, 0.1) is 0 Å². The van der Waals surface area contributed by atoms with Gasteiger partial charge in [-0.1, -0.05) is 25.3 Å². The van der Waals surface area contributed by atoms with Crippen LogP contribution in [0.4, 0.5) is 0 Å². The minimum Gasteiger partial charge on any atom is -0.340 e. The number of nitrogens with zero attached hydrogens (tertiary/aromatic N) is 2. The number of carbonyl (C=O) groups is 2. The van der Waals surface area contributed by atoms with Gasteiger partial charge in [0.15, 0.2) is 0 Å². The number of rotatable bonds is 8. The molecular formula is C17H32N2O2Si. The normalized spacial score (nSPS) is 14.8. The van der Waals surface area contributed by atoms with E-state index in [-0.39, 0.29) is 23.2 Å². The number of hydrogen-bond acceptors (Lipinski definition) is 2. The van der Waals surface area contributed by atoms with Gasteiger partial charge in [0.05, 0.1) is 10.8 Å². The van der Waals surface area contributed by atoms with Crippen LogP contribution in [0.1, 0.15) is 30.4 Å². The summed E-state index contributed by atoms with van der Waals surface area (Å²) < 4.78 is 16.5. The maximum absolute atomic E-state index is 12.8. The van der Waals surface area contributed by atoms with E-state index in [1.807, 2.05) is 47.3 Å². The molecule has 0 saturated carbocycles. The van der Waals surface area contributed by atoms with E-state index in [0.29, 0.717) is 26.2 Å². The fourth-order valence-corrected chi connectivity index (χ4v) is 2.96. The van der Waals surface area contributed by atoms with Crippen molar-refractivity contribution in [1.82, 2.24) is 9.80 Å². The molecule has 0 fully saturated rings. The monoisotopic (exact) mass is 326 g/mol. The molecule has 2 amide bonds. The van der Waals surface area contributed by atoms with Crippen LogP contribution in [0.2, 0.25) is 19.6 Å². The Bertz CT molecular complexity index is 517. The molecule has 0 spiro atoms. The minimum atomic E-state index is -2.06. The molecule has 0 aliphatic carbocycles. The molecule has 126 valence electrons. The van der Waals surface area contributed by atoms with Gasteiger partial charge in [-0.3, -0.25) is 9.59 Å². The van der Waals surface area contributed by atoms with Crippen LogP contribution in [0.25, 0.3) is 0 Å². The average Bonchev–Trinajstić information content (AvgIpc) is 2.52. The van der Waals surface area contributed by atoms with E-state index in [0.717, 1.165) is 0 Å². The van der Waals surface area contributed by atoms with Crippen LogP contribution >= 0.6 is 0 Å². The van der Waals surface area contributed by atoms with Crippen LogP contribution in [0.5, 0.6) is 0 Å². The van der Waals surface area contributed by atoms with Gasteiger partial charge in [0.25, 0.3) is 5.91 Å². The molecule has 0 heterocycles. The van der Waals surface area contributed by atoms with Gasteiger partial charge < -0.3 is 9.80 Å². The number of amides is 2. The predicted octanol–water partition coefficient (Wildman–Crippen LogP) is 3.08. The van der Waals surface area contributed by atoms with Gasteiger partial charge in [-0.25, -0.2) is 0 Å². The number of likely N-dealkylation sites (N-methyl/N-ethyl adjacent to an activating group) is 2. The topological polar surface area (TPSA) is 40.6 Å². The number of hydrogen-bond donors (Lipinski definition) is 0. The first kappa shape index (κ1) is 17.0. The first-order valence-corrected chi connectivity index (χ1v) is 11.5. The molecule has 0 aromatic rings. The van der Waals surface area contributed by atoms with E-state index in [2.05, 4.69) is 0 Å². The Kier molecular flexibility index (Phi) is 7.43. The number of carbonyl (C=O) groups excluding carboxylic acids is 2. The smallest absolute Gasteiger partial charge is 0.253 e. The van der Waals surface area contributed by atoms with E-state index in [1.165, 1.54) is 11.0 Å². The van der Waals surface area contributed by atoms with Crippen molar-refractivity contribution in [3.8, 4) is 0 Å². The van der Waals surface area contributed by atoms with Crippen molar-refractivity contribution in [3.63, 3.8) is 0 Å². The molecule has 0 radical (unpaired) electrons. The molecule has 0 aromatic carbocycles. The third-order valence-electron chi connectivity index (χ3n) is 3.18. The first-order chi connectivity index (χ1) is 11.0. The maximum Gasteiger partial charge on any atom is 0.253 e. The Balaban J connectivity index is 6.05. The Morgan fingerprint density at radius 3 is 1.77 bits per heavy atom. The molecule has 0 saturated heterocycles. The Hall–Kier alpha value is -1.36. The summed E-state index contributed by atoms with van der Waals surface area (Å²) in [5.74, 6) is -0.683. The van der Waals surface area contributed by atoms with Gasteiger partial charge in [0, 0.05) is 37.8 Å². The third kappa shape index (κ3) is 7.07. The molecule has 5 heteroatoms. The quantitative estimate of drug-likeness (QED) is 0.391. The maximum atomic E-state index is 12.8. The van der Waals surface area contributed by atoms with E-state index >= 15 is 0 Å². The van der Waals surface area contributed by atoms with Crippen molar-refractivity contribution in [3.05, 3.63) is 23.4 Å². The molecular weight excluding hydrogens is 292 g/mol. The van der Waals surface area contributed by atoms with Gasteiger partial charge in [-0.2, -0.15) is 0 Å². The summed E-state index contributed by atoms with van der Waals surface area (Å²) in [5, 5.41) is 0. The molecule has 0 aromatic heterocycles. The highest BCUT2D eigenvalue weighted by molar-refractivity contribution is 6.81. The van der Waals surface area contributed by atoms with Crippen molar-refractivity contribution in [1.29, 1.82) is 0 Å². The SMILES string of the molecule is [2H]/C(=C(\C=C(/[2H])C(=O)N(CC)CC)C(=O)N(CC)CC)[Si](C)(C)C. The molecule has 0 unspecified atom stereocenters. The summed E-state index contributed by atoms with van der Waals surface area (Å²) in [6.07, 6.45) is 1.29. The zero-order chi connectivity index (χ0) is 19.1. The lowest BCUT2D eigenvalue weighted by atomic mass is 10.2. The Morgan fingerprint density at radius 2 is 1.41 bits per heavy atom. The largest absolute Gasteiger partial charge is 0.340 e. The van der Waals surface area contributed by atoms with E-state index in [9.17, 15) is 9.59 Å². The lowest BCUT2D eigenvalue weighted by Crippen LogP contribution is -2.33. The summed E-state index contributed by atoms with van der Waals surface area (Å²) in [6.45, 7) is 15.5. The second-order valence-corrected chi connectivity index (χ2v) is 10.8. The molecule has 22 heavy (non-hydrogen) atoms. The summed E-state index contributed by atoms with van der Waals surface area (Å²) in [5.41, 5.74) is 0.458. The molecule has 0 aliphatic heterocycles. The Labute approximate surface area is 139 Å². The molecule has 0 bridgehead atoms. The minimum absolute atomic E-state index is 0.184. The van der Waals surface area contributed by atoms with E-state index in [1.54, 1.807) is 4.90 Å². The Morgan fingerprint density at radius 1 is 0.955 bits per heavy atom. The van der Waals surface area contributed by atoms with Crippen molar-refractivity contribution in [2.45, 2.75) is 47.3 Å². The highest BCUT2D eigenvalue weighted by Crippen LogP contribution is 2.12. The van der Waals surface area contributed by atoms with Crippen molar-refractivity contribution >= 4 is 19.9 Å². The summed E-state index contributed by atoms with van der Waals surface area (Å²) in [4.78, 5) is 28.3. The van der Waals surface area contributed by atoms with Gasteiger partial charge >= 0.3 is 0 Å². The van der Waals surface area contributed by atoms with Crippen LogP contribution in [-0.2, 0) is 9.59 Å². The standard InChI is InChI=1S/C17H32N2O2Si/c1-8-18(9-2)16(20)13-12-15(14-22(5,6)7)17(21)19(10-3)11-4/h12-14H,8-11H2,1-7H3/b13-12+,15-14-/i13D,14D. The van der Waals surface area contributed by atoms with Crippen LogP contribution < -0.4 is 0 Å². The van der Waals surface area contributed by atoms with Gasteiger partial charge in [-0.05, 0) is 33.8 Å². The zero-order valence-corrected chi connectivity index (χ0v) is 16.1. The lowest BCUT2D eigenvalue weighted by Gasteiger charge is -2.21. The first-order valence-electron chi connectivity index (χ1n) is 9.03. The molecule has 0 N–H and O–H groups in total. The second kappa shape index (κ2) is 9.61. The van der Waals surface area contributed by atoms with Gasteiger partial charge in [0.1, 0.15) is 0 Å². The van der Waals surface area contributed by atoms with Crippen molar-refractivity contribution < 1.29 is 12.3 Å². The van der Waals surface area contributed by atoms with E-state index in [4.69, 9.17) is 2.74 Å². The predicted molar refractivity (Wildman–Crippen MR) is 96.4 cm³/mol. The second-order valence-electron chi connectivity index (χ2n) is 6.03. The zero-order valence-electron chi connectivity index (χ0n) is 17.1. The third-order valence-corrected chi connectivity index (χ3v) is 4.20. The fourth-order valence-electron chi connectivity index (χ4n) is 1.97. The summed E-state index contributed by atoms with van der Waals surface area (Å²) in [6, 6.07) is -0.239. The highest BCUT2D eigenvalue weighted by atomic mass is 28.3. The molecule has 0 atom stereocenters. The van der Waals surface area contributed by atoms with Gasteiger partial charge in [-0.15, -0.1) is 0 Å². The van der Waals surface area contributed by atoms with Crippen LogP contribution in [0.15, 0.2) is 23.4 Å². The van der Waals surface area contributed by atoms with Crippen molar-refractivity contribution in [2.24, 2.45) is 0 Å². The molecule has 0 aliphatic rings. The fraction of sp³-hybridized carbons (Fsp3) is 0.647. The summed E-state index contributed by atoms with van der Waals surface area (Å²) >= 11 is 0. The molecule has 4 nitrogen and oxygen atoms in total. The van der Waals surface area contributed by atoms with Crippen LogP contribution in [0.3, 0.4) is 0 Å². The van der Waals surface area contributed by atoms with Crippen LogP contribution in [-0.4, -0.2) is 55.9 Å².